The van der Waals surface area contributed by atoms with Gasteiger partial charge in [-0.1, -0.05) is 11.8 Å². The van der Waals surface area contributed by atoms with Gasteiger partial charge in [0.15, 0.2) is 22.5 Å². The molecule has 0 saturated carbocycles. The van der Waals surface area contributed by atoms with E-state index in [1.165, 1.54) is 18.1 Å². The Bertz CT molecular complexity index is 362. The third-order valence-corrected chi connectivity index (χ3v) is 2.18. The molecule has 67 valence electrons. The largest absolute Gasteiger partial charge is 0.371 e. The maximum absolute atomic E-state index is 4.25. The van der Waals surface area contributed by atoms with E-state index in [9.17, 15) is 0 Å². The van der Waals surface area contributed by atoms with Crippen molar-refractivity contribution >= 4 is 35.4 Å². The lowest BCUT2D eigenvalue weighted by molar-refractivity contribution is 0.959. The van der Waals surface area contributed by atoms with E-state index < -0.39 is 0 Å². The van der Waals surface area contributed by atoms with Gasteiger partial charge in [0.1, 0.15) is 6.34 Å². The van der Waals surface area contributed by atoms with Crippen LogP contribution < -0.4 is 10.6 Å². The van der Waals surface area contributed by atoms with Crippen LogP contribution in [0.1, 0.15) is 0 Å². The molecular weight excluding hydrogens is 186 g/mol. The van der Waals surface area contributed by atoms with Crippen molar-refractivity contribution in [1.82, 2.24) is 15.3 Å². The average Bonchev–Trinajstić information content (AvgIpc) is 2.63. The third-order valence-electron chi connectivity index (χ3n) is 1.63. The van der Waals surface area contributed by atoms with E-state index in [-0.39, 0.29) is 0 Å². The first-order valence-electron chi connectivity index (χ1n) is 3.72. The predicted octanol–water partition coefficient (Wildman–Crippen LogP) is 1.15. The highest BCUT2D eigenvalue weighted by atomic mass is 32.2. The summed E-state index contributed by atoms with van der Waals surface area (Å²) >= 11 is 1.49. The lowest BCUT2D eigenvalue weighted by atomic mass is 10.4. The highest BCUT2D eigenvalue weighted by Crippen LogP contribution is 2.34. The maximum atomic E-state index is 4.25. The van der Waals surface area contributed by atoms with Gasteiger partial charge in [0, 0.05) is 7.05 Å². The van der Waals surface area contributed by atoms with Crippen LogP contribution in [0.5, 0.6) is 0 Å². The Morgan fingerprint density at radius 2 is 2.23 bits per heavy atom. The number of nitrogens with zero attached hydrogens (tertiary/aromatic N) is 4. The molecule has 1 aliphatic heterocycles. The fourth-order valence-corrected chi connectivity index (χ4v) is 1.40. The Morgan fingerprint density at radius 3 is 2.92 bits per heavy atom. The summed E-state index contributed by atoms with van der Waals surface area (Å²) in [6, 6.07) is 0. The van der Waals surface area contributed by atoms with Crippen molar-refractivity contribution in [3.63, 3.8) is 0 Å². The van der Waals surface area contributed by atoms with E-state index in [0.717, 1.165) is 11.5 Å². The number of thioether (sulfide) groups is 1. The minimum atomic E-state index is 0.642. The molecule has 1 N–H and O–H groups in total. The van der Waals surface area contributed by atoms with Gasteiger partial charge in [0.05, 0.1) is 0 Å². The van der Waals surface area contributed by atoms with Gasteiger partial charge in [-0.05, 0) is 6.26 Å². The molecule has 0 unspecified atom stereocenters. The number of nitrogens with one attached hydrogen (secondary N) is 1. The van der Waals surface area contributed by atoms with E-state index in [1.807, 2.05) is 6.26 Å². The monoisotopic (exact) mass is 194 g/mol. The lowest BCUT2D eigenvalue weighted by Crippen LogP contribution is -1.98. The van der Waals surface area contributed by atoms with Crippen molar-refractivity contribution in [2.75, 3.05) is 18.6 Å². The minimum absolute atomic E-state index is 0.642. The van der Waals surface area contributed by atoms with E-state index in [1.54, 1.807) is 7.05 Å². The van der Waals surface area contributed by atoms with Crippen LogP contribution in [0.25, 0.3) is 0 Å². The molecule has 0 spiro atoms. The van der Waals surface area contributed by atoms with Crippen LogP contribution in [0.15, 0.2) is 10.1 Å². The summed E-state index contributed by atoms with van der Waals surface area (Å²) in [6.07, 6.45) is 3.42. The summed E-state index contributed by atoms with van der Waals surface area (Å²) in [5.74, 6) is 1.37. The summed E-state index contributed by atoms with van der Waals surface area (Å²) in [6.45, 7) is 0. The summed E-state index contributed by atoms with van der Waals surface area (Å²) < 4.78 is 0. The van der Waals surface area contributed by atoms with Gasteiger partial charge in [0.25, 0.3) is 0 Å². The number of hydrogen-bond acceptors (Lipinski definition) is 5. The summed E-state index contributed by atoms with van der Waals surface area (Å²) in [5, 5.41) is 7.69. The van der Waals surface area contributed by atoms with Crippen molar-refractivity contribution in [3.05, 3.63) is 0 Å². The van der Waals surface area contributed by atoms with Crippen LogP contribution in [0.2, 0.25) is 0 Å². The SMILES string of the molecule is CNc1nc(SC)nc2c1N=C[N]2. The second kappa shape index (κ2) is 3.21. The summed E-state index contributed by atoms with van der Waals surface area (Å²) in [4.78, 5) is 12.5. The molecule has 2 heterocycles. The van der Waals surface area contributed by atoms with Crippen molar-refractivity contribution in [2.45, 2.75) is 5.16 Å². The Labute approximate surface area is 80.1 Å². The zero-order valence-electron chi connectivity index (χ0n) is 7.27. The molecule has 0 saturated heterocycles. The Morgan fingerprint density at radius 1 is 1.38 bits per heavy atom. The van der Waals surface area contributed by atoms with Crippen LogP contribution in [-0.4, -0.2) is 29.6 Å². The van der Waals surface area contributed by atoms with Gasteiger partial charge in [-0.3, -0.25) is 0 Å². The van der Waals surface area contributed by atoms with Gasteiger partial charge in [-0.25, -0.2) is 20.3 Å². The molecule has 0 atom stereocenters. The van der Waals surface area contributed by atoms with E-state index in [2.05, 4.69) is 25.6 Å². The molecular formula is C7H8N5S. The van der Waals surface area contributed by atoms with Gasteiger partial charge in [-0.15, -0.1) is 0 Å². The van der Waals surface area contributed by atoms with Crippen molar-refractivity contribution < 1.29 is 0 Å². The number of anilines is 1. The topological polar surface area (TPSA) is 64.3 Å². The normalized spacial score (nSPS) is 12.5. The Hall–Kier alpha value is -1.30. The average molecular weight is 194 g/mol. The van der Waals surface area contributed by atoms with E-state index in [4.69, 9.17) is 0 Å². The van der Waals surface area contributed by atoms with Crippen molar-refractivity contribution in [3.8, 4) is 0 Å². The number of fused-ring (bicyclic) bond motifs is 1. The summed E-state index contributed by atoms with van der Waals surface area (Å²) in [7, 11) is 1.81. The minimum Gasteiger partial charge on any atom is -0.371 e. The molecule has 6 heteroatoms. The van der Waals surface area contributed by atoms with Crippen LogP contribution in [0, 0.1) is 0 Å². The molecule has 5 nitrogen and oxygen atoms in total. The fourth-order valence-electron chi connectivity index (χ4n) is 1.04. The van der Waals surface area contributed by atoms with Gasteiger partial charge < -0.3 is 5.32 Å². The lowest BCUT2D eigenvalue weighted by Gasteiger charge is -2.04. The zero-order valence-corrected chi connectivity index (χ0v) is 8.09. The second-order valence-corrected chi connectivity index (χ2v) is 3.13. The standard InChI is InChI=1S/C7H8N5S/c1-8-5-4-6(10-3-9-4)12-7(11-5)13-2/h3H,1-2H3,(H,8,11,12). The Balaban J connectivity index is 2.53. The van der Waals surface area contributed by atoms with Gasteiger partial charge in [0.2, 0.25) is 0 Å². The molecule has 0 aromatic carbocycles. The number of aliphatic imine (C=N–C) groups is 1. The second-order valence-electron chi connectivity index (χ2n) is 2.35. The first-order chi connectivity index (χ1) is 6.35. The third kappa shape index (κ3) is 1.33. The van der Waals surface area contributed by atoms with Gasteiger partial charge >= 0.3 is 0 Å². The molecule has 1 radical (unpaired) electrons. The molecule has 1 aromatic rings. The van der Waals surface area contributed by atoms with Gasteiger partial charge in [-0.2, -0.15) is 0 Å². The quantitative estimate of drug-likeness (QED) is 0.566. The van der Waals surface area contributed by atoms with Crippen LogP contribution in [-0.2, 0) is 0 Å². The Kier molecular flexibility index (Phi) is 2.05. The highest BCUT2D eigenvalue weighted by molar-refractivity contribution is 7.98. The molecule has 13 heavy (non-hydrogen) atoms. The van der Waals surface area contributed by atoms with Crippen LogP contribution >= 0.6 is 11.8 Å². The van der Waals surface area contributed by atoms with Crippen molar-refractivity contribution in [1.29, 1.82) is 0 Å². The molecule has 0 bridgehead atoms. The number of rotatable bonds is 2. The van der Waals surface area contributed by atoms with Crippen LogP contribution in [0.4, 0.5) is 17.3 Å². The first-order valence-corrected chi connectivity index (χ1v) is 4.95. The molecule has 1 aromatic heterocycles. The van der Waals surface area contributed by atoms with E-state index >= 15 is 0 Å². The zero-order chi connectivity index (χ0) is 9.26. The number of aromatic nitrogens is 2. The van der Waals surface area contributed by atoms with Crippen LogP contribution in [0.3, 0.4) is 0 Å². The molecule has 2 rings (SSSR count). The highest BCUT2D eigenvalue weighted by Gasteiger charge is 2.16. The molecule has 1 aliphatic rings. The summed E-state index contributed by atoms with van der Waals surface area (Å²) in [5.41, 5.74) is 0.723. The first kappa shape index (κ1) is 8.31. The maximum Gasteiger partial charge on any atom is 0.191 e. The molecule has 0 aliphatic carbocycles. The molecule has 0 fully saturated rings. The van der Waals surface area contributed by atoms with E-state index in [0.29, 0.717) is 11.0 Å². The number of hydrogen-bond donors (Lipinski definition) is 1. The predicted molar refractivity (Wildman–Crippen MR) is 53.3 cm³/mol. The fraction of sp³-hybridized carbons (Fsp3) is 0.286. The molecule has 0 amide bonds. The smallest absolute Gasteiger partial charge is 0.191 e. The van der Waals surface area contributed by atoms with Crippen molar-refractivity contribution in [2.24, 2.45) is 4.99 Å².